The number of likely N-dealkylation sites (tertiary alicyclic amines) is 1. The number of hydrogen-bond acceptors (Lipinski definition) is 3. The van der Waals surface area contributed by atoms with Crippen molar-refractivity contribution in [1.29, 1.82) is 0 Å². The topological polar surface area (TPSA) is 49.8 Å². The average Bonchev–Trinajstić information content (AvgIpc) is 2.70. The van der Waals surface area contributed by atoms with E-state index in [0.717, 1.165) is 40.8 Å². The van der Waals surface area contributed by atoms with Crippen molar-refractivity contribution in [2.45, 2.75) is 26.7 Å². The molecule has 6 heteroatoms. The molecule has 0 unspecified atom stereocenters. The molecule has 1 aliphatic heterocycles. The molecular weight excluding hydrogens is 405 g/mol. The van der Waals surface area contributed by atoms with Crippen molar-refractivity contribution in [3.8, 4) is 0 Å². The first-order valence-corrected chi connectivity index (χ1v) is 9.77. The van der Waals surface area contributed by atoms with E-state index in [0.29, 0.717) is 13.0 Å². The Balaban J connectivity index is 0.00000320. The van der Waals surface area contributed by atoms with Crippen molar-refractivity contribution in [2.24, 2.45) is 5.92 Å². The maximum Gasteiger partial charge on any atom is 0.308 e. The van der Waals surface area contributed by atoms with Gasteiger partial charge in [-0.2, -0.15) is 0 Å². The molecule has 1 heterocycles. The van der Waals surface area contributed by atoms with Gasteiger partial charge >= 0.3 is 5.97 Å². The second-order valence-electron chi connectivity index (χ2n) is 7.40. The molecule has 1 atom stereocenters. The zero-order valence-electron chi connectivity index (χ0n) is 17.2. The van der Waals surface area contributed by atoms with Crippen LogP contribution in [-0.2, 0) is 9.53 Å². The van der Waals surface area contributed by atoms with Crippen molar-refractivity contribution in [3.63, 3.8) is 0 Å². The fourth-order valence-electron chi connectivity index (χ4n) is 3.65. The highest BCUT2D eigenvalue weighted by molar-refractivity contribution is 5.85. The van der Waals surface area contributed by atoms with Crippen LogP contribution in [0.2, 0.25) is 0 Å². The molecule has 1 fully saturated rings. The van der Waals surface area contributed by atoms with E-state index >= 15 is 0 Å². The maximum absolute atomic E-state index is 13.6. The molecule has 30 heavy (non-hydrogen) atoms. The van der Waals surface area contributed by atoms with Crippen molar-refractivity contribution in [1.82, 2.24) is 4.90 Å². The molecule has 1 N–H and O–H groups in total. The van der Waals surface area contributed by atoms with Crippen LogP contribution in [0.3, 0.4) is 0 Å². The summed E-state index contributed by atoms with van der Waals surface area (Å²) in [5.41, 5.74) is 4.70. The van der Waals surface area contributed by atoms with Gasteiger partial charge in [0.2, 0.25) is 0 Å². The van der Waals surface area contributed by atoms with E-state index in [4.69, 9.17) is 4.74 Å². The number of rotatable bonds is 6. The lowest BCUT2D eigenvalue weighted by atomic mass is 9.92. The maximum atomic E-state index is 13.6. The first kappa shape index (κ1) is 23.5. The average molecular weight is 432 g/mol. The summed E-state index contributed by atoms with van der Waals surface area (Å²) < 4.78 is 19.3. The molecule has 0 saturated carbocycles. The van der Waals surface area contributed by atoms with Crippen LogP contribution < -0.4 is 0 Å². The summed E-state index contributed by atoms with van der Waals surface area (Å²) in [5, 5.41) is 9.21. The fourth-order valence-corrected chi connectivity index (χ4v) is 3.65. The van der Waals surface area contributed by atoms with Crippen LogP contribution in [0, 0.1) is 25.6 Å². The fraction of sp³-hybridized carbons (Fsp3) is 0.292. The van der Waals surface area contributed by atoms with E-state index < -0.39 is 5.97 Å². The first-order chi connectivity index (χ1) is 14.0. The number of halogens is 2. The van der Waals surface area contributed by atoms with E-state index in [9.17, 15) is 14.3 Å². The smallest absolute Gasteiger partial charge is 0.308 e. The second kappa shape index (κ2) is 10.8. The minimum absolute atomic E-state index is 0. The van der Waals surface area contributed by atoms with Gasteiger partial charge in [0, 0.05) is 24.9 Å². The number of aliphatic carboxylic acids is 1. The molecule has 0 amide bonds. The Morgan fingerprint density at radius 1 is 1.17 bits per heavy atom. The number of nitrogens with zero attached hydrogens (tertiary/aromatic N) is 1. The van der Waals surface area contributed by atoms with Gasteiger partial charge in [0.05, 0.1) is 12.2 Å². The number of piperidine rings is 1. The van der Waals surface area contributed by atoms with Gasteiger partial charge in [0.15, 0.2) is 0 Å². The van der Waals surface area contributed by atoms with Crippen molar-refractivity contribution in [2.75, 3.05) is 13.1 Å². The van der Waals surface area contributed by atoms with E-state index in [2.05, 4.69) is 0 Å². The number of benzene rings is 2. The molecule has 1 aliphatic rings. The molecule has 2 aromatic rings. The van der Waals surface area contributed by atoms with Crippen molar-refractivity contribution >= 4 is 23.9 Å². The molecule has 0 aliphatic carbocycles. The molecule has 160 valence electrons. The van der Waals surface area contributed by atoms with Crippen LogP contribution in [-0.4, -0.2) is 29.1 Å². The highest BCUT2D eigenvalue weighted by atomic mass is 35.5. The van der Waals surface area contributed by atoms with E-state index in [1.165, 1.54) is 12.1 Å². The predicted molar refractivity (Wildman–Crippen MR) is 119 cm³/mol. The molecule has 0 radical (unpaired) electrons. The van der Waals surface area contributed by atoms with Crippen LogP contribution in [0.25, 0.3) is 5.57 Å². The summed E-state index contributed by atoms with van der Waals surface area (Å²) in [6, 6.07) is 12.7. The zero-order valence-corrected chi connectivity index (χ0v) is 18.0. The normalized spacial score (nSPS) is 17.0. The molecule has 2 aromatic carbocycles. The summed E-state index contributed by atoms with van der Waals surface area (Å²) in [5.74, 6) is -1.36. The van der Waals surface area contributed by atoms with Gasteiger partial charge in [0.25, 0.3) is 0 Å². The molecule has 0 spiro atoms. The number of carbonyl (C=O) groups is 1. The van der Waals surface area contributed by atoms with Gasteiger partial charge in [-0.15, -0.1) is 12.4 Å². The van der Waals surface area contributed by atoms with Crippen molar-refractivity contribution in [3.05, 3.63) is 89.3 Å². The molecule has 3 rings (SSSR count). The third-order valence-electron chi connectivity index (χ3n) is 5.25. The van der Waals surface area contributed by atoms with Gasteiger partial charge in [0.1, 0.15) is 12.1 Å². The first-order valence-electron chi connectivity index (χ1n) is 9.77. The Morgan fingerprint density at radius 3 is 2.60 bits per heavy atom. The summed E-state index contributed by atoms with van der Waals surface area (Å²) >= 11 is 0. The lowest BCUT2D eigenvalue weighted by Gasteiger charge is -2.29. The van der Waals surface area contributed by atoms with E-state index in [1.54, 1.807) is 24.8 Å². The van der Waals surface area contributed by atoms with Gasteiger partial charge in [-0.25, -0.2) is 4.39 Å². The largest absolute Gasteiger partial charge is 0.481 e. The second-order valence-corrected chi connectivity index (χ2v) is 7.40. The molecule has 0 bridgehead atoms. The Labute approximate surface area is 183 Å². The highest BCUT2D eigenvalue weighted by Crippen LogP contribution is 2.29. The van der Waals surface area contributed by atoms with E-state index in [1.807, 2.05) is 43.0 Å². The minimum atomic E-state index is -0.752. The monoisotopic (exact) mass is 431 g/mol. The van der Waals surface area contributed by atoms with Gasteiger partial charge < -0.3 is 14.7 Å². The summed E-state index contributed by atoms with van der Waals surface area (Å²) in [6.07, 6.45) is 6.58. The van der Waals surface area contributed by atoms with Crippen LogP contribution in [0.15, 0.2) is 61.2 Å². The highest BCUT2D eigenvalue weighted by Gasteiger charge is 2.23. The lowest BCUT2D eigenvalue weighted by Crippen LogP contribution is -2.35. The molecule has 1 saturated heterocycles. The van der Waals surface area contributed by atoms with Crippen LogP contribution in [0.1, 0.15) is 35.1 Å². The summed E-state index contributed by atoms with van der Waals surface area (Å²) in [7, 11) is 0. The number of hydrogen-bond donors (Lipinski definition) is 1. The Bertz CT molecular complexity index is 942. The Morgan fingerprint density at radius 2 is 1.90 bits per heavy atom. The zero-order chi connectivity index (χ0) is 20.8. The third kappa shape index (κ3) is 5.86. The molecule has 0 aromatic heterocycles. The van der Waals surface area contributed by atoms with Gasteiger partial charge in [-0.1, -0.05) is 30.3 Å². The van der Waals surface area contributed by atoms with Crippen LogP contribution in [0.4, 0.5) is 4.39 Å². The van der Waals surface area contributed by atoms with Crippen LogP contribution >= 0.6 is 12.4 Å². The summed E-state index contributed by atoms with van der Waals surface area (Å²) in [4.78, 5) is 13.2. The third-order valence-corrected chi connectivity index (χ3v) is 5.25. The predicted octanol–water partition coefficient (Wildman–Crippen LogP) is 5.54. The lowest BCUT2D eigenvalue weighted by molar-refractivity contribution is -0.143. The Hall–Kier alpha value is -2.79. The standard InChI is InChI=1S/C24H26FNO3.ClH/c1-17-6-3-4-8-21(17)23(22-10-9-20(25)14-18(22)2)16-29-13-12-26-11-5-7-19(15-26)24(27)28;/h3-4,6,8-10,12-14,16,19H,5,7,11,15H2,1-2H3,(H,27,28);1H/t19-;/m1./s1. The SMILES string of the molecule is Cc1ccccc1C(=COC=CN1CCC[C@@H](C(=O)O)C1)c1ccc(F)cc1C.Cl. The minimum Gasteiger partial charge on any atom is -0.481 e. The van der Waals surface area contributed by atoms with Crippen molar-refractivity contribution < 1.29 is 19.0 Å². The number of ether oxygens (including phenoxy) is 1. The van der Waals surface area contributed by atoms with E-state index in [-0.39, 0.29) is 24.1 Å². The van der Waals surface area contributed by atoms with Gasteiger partial charge in [-0.3, -0.25) is 4.79 Å². The number of aryl methyl sites for hydroxylation is 2. The summed E-state index contributed by atoms with van der Waals surface area (Å²) in [6.45, 7) is 5.20. The Kier molecular flexibility index (Phi) is 8.48. The number of carboxylic acid groups (broad SMARTS) is 1. The van der Waals surface area contributed by atoms with Gasteiger partial charge in [-0.05, 0) is 61.1 Å². The number of carboxylic acids is 1. The van der Waals surface area contributed by atoms with Crippen LogP contribution in [0.5, 0.6) is 0 Å². The molecule has 4 nitrogen and oxygen atoms in total. The quantitative estimate of drug-likeness (QED) is 0.610. The molecular formula is C24H27ClFNO3.